The first-order chi connectivity index (χ1) is 15.8. The number of aryl methyl sites for hydroxylation is 1. The molecule has 1 aliphatic rings. The summed E-state index contributed by atoms with van der Waals surface area (Å²) in [5, 5.41) is 3.97. The lowest BCUT2D eigenvalue weighted by Crippen LogP contribution is -2.47. The Kier molecular flexibility index (Phi) is 6.36. The van der Waals surface area contributed by atoms with Gasteiger partial charge in [-0.15, -0.1) is 0 Å². The molecule has 1 aromatic heterocycles. The van der Waals surface area contributed by atoms with Gasteiger partial charge < -0.3 is 15.0 Å². The van der Waals surface area contributed by atoms with Crippen LogP contribution in [0.25, 0.3) is 10.9 Å². The van der Waals surface area contributed by atoms with Gasteiger partial charge in [0.05, 0.1) is 29.8 Å². The minimum Gasteiger partial charge on any atom is -0.497 e. The van der Waals surface area contributed by atoms with Crippen molar-refractivity contribution in [2.75, 3.05) is 12.0 Å². The van der Waals surface area contributed by atoms with Gasteiger partial charge in [-0.3, -0.25) is 14.6 Å². The molecule has 1 N–H and O–H groups in total. The Morgan fingerprint density at radius 2 is 1.97 bits per heavy atom. The molecule has 0 saturated heterocycles. The molecular weight excluding hydrogens is 414 g/mol. The number of hydrogen-bond donors (Lipinski definition) is 1. The van der Waals surface area contributed by atoms with Gasteiger partial charge in [-0.1, -0.05) is 25.1 Å². The normalized spacial score (nSPS) is 18.5. The van der Waals surface area contributed by atoms with Crippen LogP contribution in [0.15, 0.2) is 48.5 Å². The number of nitrogens with zero attached hydrogens (tertiary/aromatic N) is 2. The molecule has 2 heterocycles. The van der Waals surface area contributed by atoms with Gasteiger partial charge in [0.25, 0.3) is 5.91 Å². The number of benzene rings is 2. The van der Waals surface area contributed by atoms with Crippen molar-refractivity contribution in [2.24, 2.45) is 0 Å². The minimum absolute atomic E-state index is 0.0198. The van der Waals surface area contributed by atoms with E-state index in [0.717, 1.165) is 34.3 Å². The van der Waals surface area contributed by atoms with E-state index in [4.69, 9.17) is 4.74 Å². The van der Waals surface area contributed by atoms with Crippen LogP contribution >= 0.6 is 0 Å². The summed E-state index contributed by atoms with van der Waals surface area (Å²) >= 11 is 0. The first kappa shape index (κ1) is 22.8. The first-order valence-corrected chi connectivity index (χ1v) is 11.5. The highest BCUT2D eigenvalue weighted by Crippen LogP contribution is 2.39. The Hall–Kier alpha value is -3.41. The fourth-order valence-corrected chi connectivity index (χ4v) is 4.54. The number of anilines is 1. The standard InChI is InChI=1S/C27H31N3O3/c1-6-16(2)28-26(31)23-13-17(3)30(25-10-8-7-9-21(23)25)27(32)22-15-19-14-20(33-5)11-12-24(19)29-18(22)4/h7-12,14-17,23H,6,13H2,1-5H3,(H,28,31)/t16-,17+,23-/m0/s1. The molecule has 0 bridgehead atoms. The van der Waals surface area contributed by atoms with Gasteiger partial charge in [0.1, 0.15) is 5.75 Å². The predicted molar refractivity (Wildman–Crippen MR) is 131 cm³/mol. The average molecular weight is 446 g/mol. The zero-order chi connectivity index (χ0) is 23.7. The van der Waals surface area contributed by atoms with Crippen molar-refractivity contribution in [1.82, 2.24) is 10.3 Å². The summed E-state index contributed by atoms with van der Waals surface area (Å²) in [5.74, 6) is 0.351. The van der Waals surface area contributed by atoms with Crippen molar-refractivity contribution in [3.63, 3.8) is 0 Å². The number of methoxy groups -OCH3 is 1. The van der Waals surface area contributed by atoms with Crippen LogP contribution in [-0.4, -0.2) is 36.0 Å². The lowest BCUT2D eigenvalue weighted by molar-refractivity contribution is -0.123. The van der Waals surface area contributed by atoms with Gasteiger partial charge in [0.2, 0.25) is 5.91 Å². The Balaban J connectivity index is 1.74. The van der Waals surface area contributed by atoms with Crippen LogP contribution in [0, 0.1) is 6.92 Å². The molecule has 6 nitrogen and oxygen atoms in total. The van der Waals surface area contributed by atoms with Crippen molar-refractivity contribution in [2.45, 2.75) is 58.5 Å². The summed E-state index contributed by atoms with van der Waals surface area (Å²) in [6, 6.07) is 15.2. The molecule has 172 valence electrons. The number of ether oxygens (including phenoxy) is 1. The Labute approximate surface area is 195 Å². The maximum Gasteiger partial charge on any atom is 0.260 e. The lowest BCUT2D eigenvalue weighted by atomic mass is 9.84. The molecule has 0 aliphatic carbocycles. The number of hydrogen-bond acceptors (Lipinski definition) is 4. The zero-order valence-corrected chi connectivity index (χ0v) is 19.9. The molecule has 3 aromatic rings. The average Bonchev–Trinajstić information content (AvgIpc) is 2.82. The highest BCUT2D eigenvalue weighted by Gasteiger charge is 2.37. The van der Waals surface area contributed by atoms with E-state index in [1.54, 1.807) is 7.11 Å². The maximum absolute atomic E-state index is 13.8. The lowest BCUT2D eigenvalue weighted by Gasteiger charge is -2.39. The number of carbonyl (C=O) groups excluding carboxylic acids is 2. The highest BCUT2D eigenvalue weighted by molar-refractivity contribution is 6.10. The van der Waals surface area contributed by atoms with E-state index >= 15 is 0 Å². The van der Waals surface area contributed by atoms with Gasteiger partial charge in [-0.2, -0.15) is 0 Å². The molecule has 4 rings (SSSR count). The fraction of sp³-hybridized carbons (Fsp3) is 0.370. The van der Waals surface area contributed by atoms with E-state index in [1.807, 2.05) is 74.2 Å². The molecule has 2 aromatic carbocycles. The summed E-state index contributed by atoms with van der Waals surface area (Å²) in [7, 11) is 1.62. The third-order valence-corrected chi connectivity index (χ3v) is 6.57. The topological polar surface area (TPSA) is 71.5 Å². The summed E-state index contributed by atoms with van der Waals surface area (Å²) < 4.78 is 5.34. The maximum atomic E-state index is 13.8. The molecule has 0 radical (unpaired) electrons. The number of fused-ring (bicyclic) bond motifs is 2. The number of pyridine rings is 1. The molecule has 0 spiro atoms. The van der Waals surface area contributed by atoms with Crippen molar-refractivity contribution in [1.29, 1.82) is 0 Å². The van der Waals surface area contributed by atoms with Crippen LogP contribution in [0.5, 0.6) is 5.75 Å². The summed E-state index contributed by atoms with van der Waals surface area (Å²) in [6.45, 7) is 7.93. The molecule has 6 heteroatoms. The minimum atomic E-state index is -0.283. The van der Waals surface area contributed by atoms with Crippen molar-refractivity contribution < 1.29 is 14.3 Å². The number of aromatic nitrogens is 1. The summed E-state index contributed by atoms with van der Waals surface area (Å²) in [4.78, 5) is 33.4. The molecule has 0 fully saturated rings. The molecule has 3 atom stereocenters. The number of carbonyl (C=O) groups is 2. The Morgan fingerprint density at radius 1 is 1.21 bits per heavy atom. The van der Waals surface area contributed by atoms with Gasteiger partial charge >= 0.3 is 0 Å². The zero-order valence-electron chi connectivity index (χ0n) is 19.9. The number of para-hydroxylation sites is 1. The summed E-state index contributed by atoms with van der Waals surface area (Å²) in [5.41, 5.74) is 3.73. The molecule has 1 aliphatic heterocycles. The third kappa shape index (κ3) is 4.30. The number of nitrogens with one attached hydrogen (secondary N) is 1. The first-order valence-electron chi connectivity index (χ1n) is 11.5. The van der Waals surface area contributed by atoms with Crippen LogP contribution in [0.4, 0.5) is 5.69 Å². The second-order valence-corrected chi connectivity index (χ2v) is 8.87. The van der Waals surface area contributed by atoms with E-state index < -0.39 is 0 Å². The van der Waals surface area contributed by atoms with Crippen LogP contribution in [0.2, 0.25) is 0 Å². The van der Waals surface area contributed by atoms with E-state index in [9.17, 15) is 9.59 Å². The smallest absolute Gasteiger partial charge is 0.260 e. The van der Waals surface area contributed by atoms with Gasteiger partial charge in [-0.25, -0.2) is 0 Å². The SMILES string of the molecule is CC[C@H](C)NC(=O)[C@H]1C[C@@H](C)N(C(=O)c2cc3cc(OC)ccc3nc2C)c2ccccc21. The number of amides is 2. The van der Waals surface area contributed by atoms with E-state index in [1.165, 1.54) is 0 Å². The molecule has 33 heavy (non-hydrogen) atoms. The molecule has 2 amide bonds. The van der Waals surface area contributed by atoms with Gasteiger partial charge in [-0.05, 0) is 69.5 Å². The second-order valence-electron chi connectivity index (χ2n) is 8.87. The molecule has 0 saturated carbocycles. The molecule has 0 unspecified atom stereocenters. The Morgan fingerprint density at radius 3 is 2.70 bits per heavy atom. The fourth-order valence-electron chi connectivity index (χ4n) is 4.54. The Bertz CT molecular complexity index is 1210. The van der Waals surface area contributed by atoms with Gasteiger partial charge in [0, 0.05) is 23.2 Å². The largest absolute Gasteiger partial charge is 0.497 e. The van der Waals surface area contributed by atoms with Crippen molar-refractivity contribution in [3.05, 3.63) is 65.4 Å². The predicted octanol–water partition coefficient (Wildman–Crippen LogP) is 4.99. The van der Waals surface area contributed by atoms with Crippen LogP contribution in [0.1, 0.15) is 61.1 Å². The quantitative estimate of drug-likeness (QED) is 0.601. The monoisotopic (exact) mass is 445 g/mol. The van der Waals surface area contributed by atoms with Crippen LogP contribution in [0.3, 0.4) is 0 Å². The van der Waals surface area contributed by atoms with Gasteiger partial charge in [0.15, 0.2) is 0 Å². The molecular formula is C27H31N3O3. The number of rotatable bonds is 5. The highest BCUT2D eigenvalue weighted by atomic mass is 16.5. The summed E-state index contributed by atoms with van der Waals surface area (Å²) in [6.07, 6.45) is 1.44. The van der Waals surface area contributed by atoms with Crippen molar-refractivity contribution >= 4 is 28.4 Å². The van der Waals surface area contributed by atoms with E-state index in [0.29, 0.717) is 17.7 Å². The van der Waals surface area contributed by atoms with E-state index in [2.05, 4.69) is 17.2 Å². The third-order valence-electron chi connectivity index (χ3n) is 6.57. The van der Waals surface area contributed by atoms with Crippen LogP contribution < -0.4 is 15.0 Å². The van der Waals surface area contributed by atoms with Crippen molar-refractivity contribution in [3.8, 4) is 5.75 Å². The second kappa shape index (κ2) is 9.22. The van der Waals surface area contributed by atoms with E-state index in [-0.39, 0.29) is 29.8 Å². The van der Waals surface area contributed by atoms with Crippen LogP contribution in [-0.2, 0) is 4.79 Å².